The number of likely N-dealkylation sites (tertiary alicyclic amines) is 1. The number of anilines is 1. The third-order valence-corrected chi connectivity index (χ3v) is 9.39. The zero-order chi connectivity index (χ0) is 24.6. The van der Waals surface area contributed by atoms with Crippen LogP contribution in [-0.2, 0) is 14.4 Å². The second-order valence-electron chi connectivity index (χ2n) is 9.70. The average molecular weight is 496 g/mol. The zero-order valence-electron chi connectivity index (χ0n) is 20.1. The van der Waals surface area contributed by atoms with E-state index in [0.29, 0.717) is 32.6 Å². The summed E-state index contributed by atoms with van der Waals surface area (Å²) in [7, 11) is 0. The Kier molecular flexibility index (Phi) is 6.77. The van der Waals surface area contributed by atoms with Gasteiger partial charge < -0.3 is 19.8 Å². The van der Waals surface area contributed by atoms with E-state index in [4.69, 9.17) is 0 Å². The van der Waals surface area contributed by atoms with E-state index in [1.807, 2.05) is 47.4 Å². The molecule has 1 unspecified atom stereocenters. The molecule has 0 bridgehead atoms. The number of carbonyl (C=O) groups excluding carboxylic acids is 3. The SMILES string of the molecule is CCCCN1CC=C[C@]23S[C@@H]4C=CCN(c5ccccc5)C(=O)[C@@H]4[C@H]2C(=O)N(CCCO)C3C1=O. The quantitative estimate of drug-likeness (QED) is 0.588. The van der Waals surface area contributed by atoms with Gasteiger partial charge in [-0.1, -0.05) is 55.8 Å². The van der Waals surface area contributed by atoms with Crippen molar-refractivity contribution in [1.82, 2.24) is 9.80 Å². The number of para-hydroxylation sites is 1. The molecule has 186 valence electrons. The lowest BCUT2D eigenvalue weighted by Crippen LogP contribution is -2.53. The van der Waals surface area contributed by atoms with Gasteiger partial charge in [-0.25, -0.2) is 0 Å². The van der Waals surface area contributed by atoms with Crippen molar-refractivity contribution in [1.29, 1.82) is 0 Å². The Balaban J connectivity index is 1.56. The summed E-state index contributed by atoms with van der Waals surface area (Å²) in [4.78, 5) is 47.2. The lowest BCUT2D eigenvalue weighted by molar-refractivity contribution is -0.142. The molecule has 4 aliphatic heterocycles. The summed E-state index contributed by atoms with van der Waals surface area (Å²) in [5, 5.41) is 9.33. The topological polar surface area (TPSA) is 81.2 Å². The number of unbranched alkanes of at least 4 members (excludes halogenated alkanes) is 1. The van der Waals surface area contributed by atoms with Crippen LogP contribution in [0.5, 0.6) is 0 Å². The van der Waals surface area contributed by atoms with E-state index >= 15 is 0 Å². The van der Waals surface area contributed by atoms with Gasteiger partial charge in [0.1, 0.15) is 6.04 Å². The maximum absolute atomic E-state index is 14.0. The first-order valence-electron chi connectivity index (χ1n) is 12.6. The molecule has 4 aliphatic rings. The Morgan fingerprint density at radius 2 is 1.80 bits per heavy atom. The second kappa shape index (κ2) is 9.82. The molecule has 0 aromatic heterocycles. The highest BCUT2D eigenvalue weighted by Crippen LogP contribution is 2.61. The number of hydrogen-bond donors (Lipinski definition) is 1. The molecule has 2 fully saturated rings. The van der Waals surface area contributed by atoms with Gasteiger partial charge in [-0.05, 0) is 25.0 Å². The highest BCUT2D eigenvalue weighted by atomic mass is 32.2. The standard InChI is InChI=1S/C27H33N3O4S/c1-2-3-14-28-15-8-13-27-22(25(33)30(17-9-18-31)23(27)26(28)34)21-20(35-27)12-7-16-29(24(21)32)19-10-5-4-6-11-19/h4-8,10-13,20-23,31H,2-3,9,14-18H2,1H3/t20-,21+,22+,23?,27+/m1/s1. The van der Waals surface area contributed by atoms with Crippen LogP contribution in [0.25, 0.3) is 0 Å². The van der Waals surface area contributed by atoms with E-state index in [1.165, 1.54) is 0 Å². The van der Waals surface area contributed by atoms with Crippen LogP contribution in [0, 0.1) is 11.8 Å². The Hall–Kier alpha value is -2.58. The smallest absolute Gasteiger partial charge is 0.247 e. The Bertz CT molecular complexity index is 1040. The lowest BCUT2D eigenvalue weighted by atomic mass is 9.78. The number of benzene rings is 1. The van der Waals surface area contributed by atoms with Crippen molar-refractivity contribution in [3.05, 3.63) is 54.6 Å². The molecule has 5 atom stereocenters. The van der Waals surface area contributed by atoms with Gasteiger partial charge in [-0.2, -0.15) is 0 Å². The van der Waals surface area contributed by atoms with E-state index < -0.39 is 22.6 Å². The minimum absolute atomic E-state index is 0.0439. The zero-order valence-corrected chi connectivity index (χ0v) is 20.9. The van der Waals surface area contributed by atoms with E-state index in [0.717, 1.165) is 18.5 Å². The van der Waals surface area contributed by atoms with Crippen LogP contribution in [-0.4, -0.2) is 81.5 Å². The molecule has 4 heterocycles. The number of rotatable bonds is 7. The Labute approximate surface area is 210 Å². The van der Waals surface area contributed by atoms with Crippen LogP contribution in [0.4, 0.5) is 5.69 Å². The van der Waals surface area contributed by atoms with Gasteiger partial charge in [-0.15, -0.1) is 11.8 Å². The third-order valence-electron chi connectivity index (χ3n) is 7.65. The van der Waals surface area contributed by atoms with Gasteiger partial charge in [0.15, 0.2) is 0 Å². The summed E-state index contributed by atoms with van der Waals surface area (Å²) in [6, 6.07) is 8.90. The first-order chi connectivity index (χ1) is 17.0. The molecular formula is C27H33N3O4S. The third kappa shape index (κ3) is 3.91. The van der Waals surface area contributed by atoms with Crippen molar-refractivity contribution in [3.8, 4) is 0 Å². The highest BCUT2D eigenvalue weighted by Gasteiger charge is 2.70. The van der Waals surface area contributed by atoms with E-state index in [1.54, 1.807) is 21.6 Å². The summed E-state index contributed by atoms with van der Waals surface area (Å²) >= 11 is 1.60. The molecule has 0 saturated carbocycles. The minimum atomic E-state index is -0.792. The molecular weight excluding hydrogens is 462 g/mol. The molecule has 1 aromatic rings. The summed E-state index contributed by atoms with van der Waals surface area (Å²) in [6.45, 7) is 3.98. The predicted octanol–water partition coefficient (Wildman–Crippen LogP) is 2.47. The molecule has 1 N–H and O–H groups in total. The fourth-order valence-electron chi connectivity index (χ4n) is 6.05. The average Bonchev–Trinajstić information content (AvgIpc) is 3.18. The van der Waals surface area contributed by atoms with Gasteiger partial charge in [0.25, 0.3) is 0 Å². The maximum atomic E-state index is 14.0. The van der Waals surface area contributed by atoms with Gasteiger partial charge in [-0.3, -0.25) is 14.4 Å². The van der Waals surface area contributed by atoms with Gasteiger partial charge in [0, 0.05) is 43.7 Å². The monoisotopic (exact) mass is 495 g/mol. The molecule has 2 saturated heterocycles. The summed E-state index contributed by atoms with van der Waals surface area (Å²) in [6.07, 6.45) is 10.4. The van der Waals surface area contributed by atoms with Crippen molar-refractivity contribution >= 4 is 35.2 Å². The van der Waals surface area contributed by atoms with E-state index in [-0.39, 0.29) is 29.6 Å². The molecule has 5 rings (SSSR count). The first kappa shape index (κ1) is 24.1. The largest absolute Gasteiger partial charge is 0.396 e. The second-order valence-corrected chi connectivity index (χ2v) is 11.2. The van der Waals surface area contributed by atoms with Crippen LogP contribution >= 0.6 is 11.8 Å². The van der Waals surface area contributed by atoms with Crippen molar-refractivity contribution < 1.29 is 19.5 Å². The molecule has 0 aliphatic carbocycles. The lowest BCUT2D eigenvalue weighted by Gasteiger charge is -2.35. The van der Waals surface area contributed by atoms with E-state index in [2.05, 4.69) is 19.1 Å². The number of fused-ring (bicyclic) bond motifs is 2. The fourth-order valence-corrected chi connectivity index (χ4v) is 8.06. The van der Waals surface area contributed by atoms with Crippen molar-refractivity contribution in [2.75, 3.05) is 37.7 Å². The number of thioether (sulfide) groups is 1. The summed E-state index contributed by atoms with van der Waals surface area (Å²) in [5.41, 5.74) is 0.811. The summed E-state index contributed by atoms with van der Waals surface area (Å²) in [5.74, 6) is -1.42. The van der Waals surface area contributed by atoms with E-state index in [9.17, 15) is 19.5 Å². The number of carbonyl (C=O) groups is 3. The molecule has 0 radical (unpaired) electrons. The molecule has 7 nitrogen and oxygen atoms in total. The fraction of sp³-hybridized carbons (Fsp3) is 0.519. The normalized spacial score (nSPS) is 31.9. The minimum Gasteiger partial charge on any atom is -0.396 e. The number of aliphatic hydroxyl groups excluding tert-OH is 1. The molecule has 35 heavy (non-hydrogen) atoms. The van der Waals surface area contributed by atoms with Gasteiger partial charge in [0.2, 0.25) is 17.7 Å². The number of nitrogens with zero attached hydrogens (tertiary/aromatic N) is 3. The predicted molar refractivity (Wildman–Crippen MR) is 137 cm³/mol. The molecule has 1 spiro atoms. The molecule has 8 heteroatoms. The maximum Gasteiger partial charge on any atom is 0.247 e. The number of amides is 3. The first-order valence-corrected chi connectivity index (χ1v) is 13.5. The van der Waals surface area contributed by atoms with Crippen LogP contribution in [0.3, 0.4) is 0 Å². The summed E-state index contributed by atoms with van der Waals surface area (Å²) < 4.78 is -0.792. The van der Waals surface area contributed by atoms with Crippen LogP contribution in [0.1, 0.15) is 26.2 Å². The van der Waals surface area contributed by atoms with Gasteiger partial charge in [0.05, 0.1) is 16.6 Å². The van der Waals surface area contributed by atoms with Gasteiger partial charge >= 0.3 is 0 Å². The van der Waals surface area contributed by atoms with Crippen LogP contribution in [0.15, 0.2) is 54.6 Å². The van der Waals surface area contributed by atoms with Crippen LogP contribution < -0.4 is 4.90 Å². The Morgan fingerprint density at radius 1 is 1.00 bits per heavy atom. The highest BCUT2D eigenvalue weighted by molar-refractivity contribution is 8.02. The van der Waals surface area contributed by atoms with Crippen molar-refractivity contribution in [2.24, 2.45) is 11.8 Å². The number of hydrogen-bond acceptors (Lipinski definition) is 5. The Morgan fingerprint density at radius 3 is 2.54 bits per heavy atom. The molecule has 1 aromatic carbocycles. The number of aliphatic hydroxyl groups is 1. The van der Waals surface area contributed by atoms with Crippen molar-refractivity contribution in [3.63, 3.8) is 0 Å². The van der Waals surface area contributed by atoms with Crippen molar-refractivity contribution in [2.45, 2.75) is 42.2 Å². The molecule has 3 amide bonds. The van der Waals surface area contributed by atoms with Crippen LogP contribution in [0.2, 0.25) is 0 Å².